The smallest absolute Gasteiger partial charge is 0.335 e. The van der Waals surface area contributed by atoms with Gasteiger partial charge in [0.25, 0.3) is 0 Å². The van der Waals surface area contributed by atoms with Crippen molar-refractivity contribution < 1.29 is 15.1 Å². The molecule has 218 valence electrons. The number of nitrogens with one attached hydrogen (secondary N) is 1. The first-order chi connectivity index (χ1) is 19.2. The van der Waals surface area contributed by atoms with Gasteiger partial charge in [0.05, 0.1) is 16.3 Å². The highest BCUT2D eigenvalue weighted by atomic mass is 32.1. The van der Waals surface area contributed by atoms with E-state index >= 15 is 0 Å². The molecule has 2 aromatic carbocycles. The Morgan fingerprint density at radius 2 is 1.88 bits per heavy atom. The van der Waals surface area contributed by atoms with Crippen LogP contribution in [0.3, 0.4) is 0 Å². The molecule has 0 bridgehead atoms. The number of hydrazine groups is 1. The van der Waals surface area contributed by atoms with Crippen molar-refractivity contribution in [2.45, 2.75) is 98.3 Å². The highest BCUT2D eigenvalue weighted by Gasteiger charge is 2.24. The number of anilines is 2. The van der Waals surface area contributed by atoms with E-state index in [-0.39, 0.29) is 5.56 Å². The minimum atomic E-state index is -0.942. The molecule has 1 saturated carbocycles. The first-order valence-electron chi connectivity index (χ1n) is 14.8. The Morgan fingerprint density at radius 3 is 2.42 bits per heavy atom. The number of aryl methyl sites for hydroxylation is 2. The Labute approximate surface area is 244 Å². The van der Waals surface area contributed by atoms with Crippen LogP contribution in [0.2, 0.25) is 0 Å². The minimum absolute atomic E-state index is 0.265. The number of benzene rings is 2. The molecule has 1 fully saturated rings. The zero-order chi connectivity index (χ0) is 29.1. The predicted molar refractivity (Wildman–Crippen MR) is 167 cm³/mol. The maximum atomic E-state index is 11.2. The van der Waals surface area contributed by atoms with Crippen molar-refractivity contribution in [2.24, 2.45) is 11.8 Å². The molecule has 0 saturated heterocycles. The molecule has 0 radical (unpaired) electrons. The predicted octanol–water partition coefficient (Wildman–Crippen LogP) is 9.42. The van der Waals surface area contributed by atoms with E-state index in [9.17, 15) is 10.0 Å². The fourth-order valence-electron chi connectivity index (χ4n) is 5.06. The van der Waals surface area contributed by atoms with Crippen LogP contribution in [0.1, 0.15) is 110 Å². The van der Waals surface area contributed by atoms with Crippen LogP contribution < -0.4 is 10.6 Å². The number of hydrogen-bond acceptors (Lipinski definition) is 6. The van der Waals surface area contributed by atoms with Crippen LogP contribution in [0, 0.1) is 25.7 Å². The molecule has 1 aliphatic rings. The van der Waals surface area contributed by atoms with Crippen molar-refractivity contribution in [3.63, 3.8) is 0 Å². The van der Waals surface area contributed by atoms with Crippen LogP contribution >= 0.6 is 11.3 Å². The van der Waals surface area contributed by atoms with Crippen molar-refractivity contribution >= 4 is 28.8 Å². The van der Waals surface area contributed by atoms with Crippen molar-refractivity contribution in [3.8, 4) is 0 Å². The van der Waals surface area contributed by atoms with Gasteiger partial charge in [-0.15, -0.1) is 16.5 Å². The standard InChI is InChI=1S/C18H30.C15H17N3O3S/c1-5-7-8-18(13-15(3)6-2)14-17-11-9-16(4)10-12-17;1-9-16-14(8-22-9)18(21)17-13-6-5-11(15(19)20)7-12(13)10-3-2-4-10/h9-12,15,18H,5-8,13-14H2,1-4H3;5-8,10,17,21H,2-4H2,1H3,(H,19,20). The zero-order valence-corrected chi connectivity index (χ0v) is 25.6. The minimum Gasteiger partial charge on any atom is -0.478 e. The molecule has 0 spiro atoms. The van der Waals surface area contributed by atoms with E-state index in [1.54, 1.807) is 17.5 Å². The van der Waals surface area contributed by atoms with Crippen LogP contribution in [0.15, 0.2) is 47.8 Å². The van der Waals surface area contributed by atoms with Gasteiger partial charge in [-0.3, -0.25) is 10.6 Å². The van der Waals surface area contributed by atoms with Gasteiger partial charge in [0.1, 0.15) is 0 Å². The largest absolute Gasteiger partial charge is 0.478 e. The molecular formula is C33H47N3O3S. The molecule has 1 aliphatic carbocycles. The molecule has 6 nitrogen and oxygen atoms in total. The van der Waals surface area contributed by atoms with Crippen LogP contribution in [0.5, 0.6) is 0 Å². The summed E-state index contributed by atoms with van der Waals surface area (Å²) in [5.74, 6) is 1.57. The summed E-state index contributed by atoms with van der Waals surface area (Å²) in [6.45, 7) is 11.0. The van der Waals surface area contributed by atoms with Crippen molar-refractivity contribution in [2.75, 3.05) is 10.6 Å². The topological polar surface area (TPSA) is 85.7 Å². The third-order valence-corrected chi connectivity index (χ3v) is 8.70. The lowest BCUT2D eigenvalue weighted by Gasteiger charge is -2.29. The summed E-state index contributed by atoms with van der Waals surface area (Å²) in [7, 11) is 0. The summed E-state index contributed by atoms with van der Waals surface area (Å²) >= 11 is 1.45. The normalized spacial score (nSPS) is 14.4. The lowest BCUT2D eigenvalue weighted by atomic mass is 9.79. The Kier molecular flexibility index (Phi) is 12.5. The molecule has 1 aromatic heterocycles. The molecule has 0 amide bonds. The summed E-state index contributed by atoms with van der Waals surface area (Å²) < 4.78 is 0. The molecular weight excluding hydrogens is 518 g/mol. The second-order valence-corrected chi connectivity index (χ2v) is 12.4. The number of aromatic nitrogens is 1. The van der Waals surface area contributed by atoms with Crippen LogP contribution in [-0.2, 0) is 6.42 Å². The summed E-state index contributed by atoms with van der Waals surface area (Å²) in [5.41, 5.74) is 7.68. The first-order valence-corrected chi connectivity index (χ1v) is 15.7. The summed E-state index contributed by atoms with van der Waals surface area (Å²) in [4.78, 5) is 15.4. The van der Waals surface area contributed by atoms with Gasteiger partial charge in [0.15, 0.2) is 5.82 Å². The number of nitrogens with zero attached hydrogens (tertiary/aromatic N) is 2. The molecule has 40 heavy (non-hydrogen) atoms. The monoisotopic (exact) mass is 565 g/mol. The molecule has 3 aromatic rings. The van der Waals surface area contributed by atoms with E-state index in [4.69, 9.17) is 5.11 Å². The zero-order valence-electron chi connectivity index (χ0n) is 24.8. The van der Waals surface area contributed by atoms with Gasteiger partial charge < -0.3 is 5.11 Å². The molecule has 4 rings (SSSR count). The SMILES string of the molecule is CCCCC(Cc1ccc(C)cc1)CC(C)CC.Cc1nc(N(O)Nc2ccc(C(=O)O)cc2C2CCC2)cs1. The van der Waals surface area contributed by atoms with Crippen molar-refractivity contribution in [1.82, 2.24) is 4.98 Å². The van der Waals surface area contributed by atoms with E-state index in [2.05, 4.69) is 62.4 Å². The average Bonchev–Trinajstić information content (AvgIpc) is 3.35. The molecule has 2 atom stereocenters. The number of carboxylic acid groups (broad SMARTS) is 1. The van der Waals surface area contributed by atoms with Gasteiger partial charge in [-0.05, 0) is 86.6 Å². The van der Waals surface area contributed by atoms with Crippen molar-refractivity contribution in [1.29, 1.82) is 0 Å². The fourth-order valence-corrected chi connectivity index (χ4v) is 5.64. The van der Waals surface area contributed by atoms with E-state index in [1.165, 1.54) is 67.1 Å². The van der Waals surface area contributed by atoms with E-state index in [0.29, 0.717) is 17.4 Å². The average molecular weight is 566 g/mol. The number of rotatable bonds is 13. The third-order valence-electron chi connectivity index (χ3n) is 7.94. The highest BCUT2D eigenvalue weighted by Crippen LogP contribution is 2.40. The van der Waals surface area contributed by atoms with E-state index in [1.807, 2.05) is 6.92 Å². The maximum Gasteiger partial charge on any atom is 0.335 e. The number of carboxylic acids is 1. The summed E-state index contributed by atoms with van der Waals surface area (Å²) in [5, 5.41) is 22.7. The Balaban J connectivity index is 0.000000226. The Hall–Kier alpha value is -2.90. The number of carbonyl (C=O) groups is 1. The van der Waals surface area contributed by atoms with Gasteiger partial charge in [-0.1, -0.05) is 82.7 Å². The van der Waals surface area contributed by atoms with Gasteiger partial charge in [0.2, 0.25) is 0 Å². The third kappa shape index (κ3) is 9.63. The van der Waals surface area contributed by atoms with Crippen LogP contribution in [0.4, 0.5) is 11.5 Å². The van der Waals surface area contributed by atoms with E-state index in [0.717, 1.165) is 46.8 Å². The highest BCUT2D eigenvalue weighted by molar-refractivity contribution is 7.09. The number of hydrogen-bond donors (Lipinski definition) is 3. The van der Waals surface area contributed by atoms with Crippen LogP contribution in [0.25, 0.3) is 0 Å². The van der Waals surface area contributed by atoms with Crippen LogP contribution in [-0.4, -0.2) is 21.3 Å². The van der Waals surface area contributed by atoms with Gasteiger partial charge in [-0.25, -0.2) is 9.78 Å². The molecule has 0 aliphatic heterocycles. The number of thiazole rings is 1. The molecule has 2 unspecified atom stereocenters. The lowest BCUT2D eigenvalue weighted by molar-refractivity contribution is 0.0696. The number of unbranched alkanes of at least 4 members (excludes halogenated alkanes) is 1. The Morgan fingerprint density at radius 1 is 1.15 bits per heavy atom. The molecule has 7 heteroatoms. The maximum absolute atomic E-state index is 11.2. The van der Waals surface area contributed by atoms with Gasteiger partial charge in [-0.2, -0.15) is 0 Å². The van der Waals surface area contributed by atoms with Crippen molar-refractivity contribution in [3.05, 3.63) is 75.1 Å². The molecule has 1 heterocycles. The second kappa shape index (κ2) is 15.8. The fraction of sp³-hybridized carbons (Fsp3) is 0.515. The summed E-state index contributed by atoms with van der Waals surface area (Å²) in [6, 6.07) is 14.0. The second-order valence-electron chi connectivity index (χ2n) is 11.3. The molecule has 3 N–H and O–H groups in total. The van der Waals surface area contributed by atoms with Gasteiger partial charge in [0, 0.05) is 5.38 Å². The lowest BCUT2D eigenvalue weighted by Crippen LogP contribution is -2.27. The Bertz CT molecular complexity index is 1190. The summed E-state index contributed by atoms with van der Waals surface area (Å²) in [6.07, 6.45) is 11.3. The quantitative estimate of drug-likeness (QED) is 0.179. The first kappa shape index (κ1) is 31.6. The number of aromatic carboxylic acids is 1. The van der Waals surface area contributed by atoms with E-state index < -0.39 is 5.97 Å². The van der Waals surface area contributed by atoms with Gasteiger partial charge >= 0.3 is 5.97 Å².